The van der Waals surface area contributed by atoms with E-state index < -0.39 is 5.60 Å². The summed E-state index contributed by atoms with van der Waals surface area (Å²) in [7, 11) is 0. The molecule has 0 atom stereocenters. The molecule has 0 bridgehead atoms. The number of esters is 1. The fraction of sp³-hybridized carbons (Fsp3) is 0.261. The van der Waals surface area contributed by atoms with Gasteiger partial charge in [-0.25, -0.2) is 24.1 Å². The predicted molar refractivity (Wildman–Crippen MR) is 110 cm³/mol. The largest absolute Gasteiger partial charge is 0.450 e. The number of imidazole rings is 1. The van der Waals surface area contributed by atoms with Crippen molar-refractivity contribution >= 4 is 17.1 Å². The van der Waals surface area contributed by atoms with E-state index in [1.165, 1.54) is 12.1 Å². The van der Waals surface area contributed by atoms with Crippen molar-refractivity contribution in [1.29, 1.82) is 0 Å². The minimum Gasteiger partial charge on any atom is -0.450 e. The normalized spacial score (nSPS) is 22.6. The van der Waals surface area contributed by atoms with Crippen molar-refractivity contribution in [2.45, 2.75) is 37.2 Å². The molecule has 0 unspecified atom stereocenters. The first kappa shape index (κ1) is 18.1. The number of hydrogen-bond donors (Lipinski definition) is 1. The molecule has 1 aliphatic heterocycles. The van der Waals surface area contributed by atoms with E-state index in [1.54, 1.807) is 36.8 Å². The second-order valence-electron chi connectivity index (χ2n) is 8.14. The molecule has 1 N–H and O–H groups in total. The van der Waals surface area contributed by atoms with Crippen LogP contribution in [0.5, 0.6) is 0 Å². The van der Waals surface area contributed by atoms with Gasteiger partial charge >= 0.3 is 5.97 Å². The molecular formula is C23H18FN5O2. The molecule has 1 saturated carbocycles. The van der Waals surface area contributed by atoms with Gasteiger partial charge in [0.15, 0.2) is 11.5 Å². The lowest BCUT2D eigenvalue weighted by Gasteiger charge is -2.35. The molecule has 1 fully saturated rings. The zero-order valence-electron chi connectivity index (χ0n) is 16.5. The van der Waals surface area contributed by atoms with E-state index >= 15 is 0 Å². The molecule has 31 heavy (non-hydrogen) atoms. The summed E-state index contributed by atoms with van der Waals surface area (Å²) in [4.78, 5) is 33.5. The summed E-state index contributed by atoms with van der Waals surface area (Å²) in [6.45, 7) is 0. The summed E-state index contributed by atoms with van der Waals surface area (Å²) in [6.07, 6.45) is 8.19. The van der Waals surface area contributed by atoms with Gasteiger partial charge in [0.25, 0.3) is 0 Å². The zero-order chi connectivity index (χ0) is 21.0. The van der Waals surface area contributed by atoms with Crippen molar-refractivity contribution in [3.05, 3.63) is 71.7 Å². The number of pyridine rings is 1. The number of H-pyrrole nitrogens is 1. The standard InChI is InChI=1S/C23H18FN5O2/c24-15-3-1-13(2-4-15)19-26-12-18-21(28-19)29-20(27-18)14-5-8-23(9-6-14)17-11-25-10-7-16(17)22(30)31-23/h1-4,7,10-12,14H,5-6,8-9H2,(H,26,27,28,29). The number of hydrogen-bond acceptors (Lipinski definition) is 6. The molecule has 1 aliphatic carbocycles. The lowest BCUT2D eigenvalue weighted by molar-refractivity contribution is -0.0313. The molecule has 154 valence electrons. The van der Waals surface area contributed by atoms with Crippen LogP contribution in [-0.2, 0) is 10.3 Å². The quantitative estimate of drug-likeness (QED) is 0.491. The van der Waals surface area contributed by atoms with Crippen LogP contribution in [0.25, 0.3) is 22.6 Å². The van der Waals surface area contributed by atoms with E-state index in [0.29, 0.717) is 22.6 Å². The number of nitrogens with one attached hydrogen (secondary N) is 1. The molecular weight excluding hydrogens is 397 g/mol. The molecule has 4 aromatic rings. The first-order valence-corrected chi connectivity index (χ1v) is 10.3. The fourth-order valence-corrected chi connectivity index (χ4v) is 4.71. The highest BCUT2D eigenvalue weighted by molar-refractivity contribution is 5.94. The molecule has 7 nitrogen and oxygen atoms in total. The number of aromatic amines is 1. The smallest absolute Gasteiger partial charge is 0.339 e. The first-order chi connectivity index (χ1) is 15.1. The van der Waals surface area contributed by atoms with Gasteiger partial charge in [0.2, 0.25) is 0 Å². The summed E-state index contributed by atoms with van der Waals surface area (Å²) in [5.74, 6) is 1.05. The van der Waals surface area contributed by atoms with Crippen LogP contribution in [-0.4, -0.2) is 30.9 Å². The van der Waals surface area contributed by atoms with Crippen LogP contribution in [0.3, 0.4) is 0 Å². The van der Waals surface area contributed by atoms with Crippen molar-refractivity contribution < 1.29 is 13.9 Å². The number of aromatic nitrogens is 5. The Bertz CT molecular complexity index is 1310. The van der Waals surface area contributed by atoms with Crippen LogP contribution in [0.1, 0.15) is 53.3 Å². The third kappa shape index (κ3) is 2.90. The Morgan fingerprint density at radius 3 is 2.68 bits per heavy atom. The average molecular weight is 415 g/mol. The second kappa shape index (κ2) is 6.66. The van der Waals surface area contributed by atoms with Gasteiger partial charge in [-0.15, -0.1) is 0 Å². The van der Waals surface area contributed by atoms with Gasteiger partial charge in [-0.05, 0) is 56.0 Å². The van der Waals surface area contributed by atoms with Crippen molar-refractivity contribution in [1.82, 2.24) is 24.9 Å². The lowest BCUT2D eigenvalue weighted by Crippen LogP contribution is -2.31. The number of nitrogens with zero attached hydrogens (tertiary/aromatic N) is 4. The SMILES string of the molecule is O=C1OC2(CCC(c3nc4cnc(-c5ccc(F)cc5)nc4[nH]3)CC2)c2cnccc21. The average Bonchev–Trinajstić information content (AvgIpc) is 3.34. The monoisotopic (exact) mass is 415 g/mol. The predicted octanol–water partition coefficient (Wildman–Crippen LogP) is 4.28. The fourth-order valence-electron chi connectivity index (χ4n) is 4.71. The lowest BCUT2D eigenvalue weighted by atomic mass is 9.75. The van der Waals surface area contributed by atoms with E-state index in [4.69, 9.17) is 9.72 Å². The molecule has 0 radical (unpaired) electrons. The maximum Gasteiger partial charge on any atom is 0.339 e. The maximum atomic E-state index is 13.2. The van der Waals surface area contributed by atoms with Crippen LogP contribution >= 0.6 is 0 Å². The van der Waals surface area contributed by atoms with Gasteiger partial charge in [0.05, 0.1) is 11.8 Å². The van der Waals surface area contributed by atoms with Crippen molar-refractivity contribution in [2.24, 2.45) is 0 Å². The van der Waals surface area contributed by atoms with Gasteiger partial charge in [-0.1, -0.05) is 0 Å². The van der Waals surface area contributed by atoms with Gasteiger partial charge in [0.1, 0.15) is 22.8 Å². The molecule has 8 heteroatoms. The first-order valence-electron chi connectivity index (χ1n) is 10.3. The Hall–Kier alpha value is -3.68. The molecule has 6 rings (SSSR count). The van der Waals surface area contributed by atoms with Gasteiger partial charge in [0, 0.05) is 29.4 Å². The van der Waals surface area contributed by atoms with Crippen LogP contribution in [0.15, 0.2) is 48.9 Å². The third-order valence-corrected chi connectivity index (χ3v) is 6.36. The Morgan fingerprint density at radius 1 is 1.06 bits per heavy atom. The number of fused-ring (bicyclic) bond motifs is 3. The number of carbonyl (C=O) groups is 1. The number of halogens is 1. The van der Waals surface area contributed by atoms with Gasteiger partial charge < -0.3 is 9.72 Å². The molecule has 2 aliphatic rings. The minimum atomic E-state index is -0.571. The number of carbonyl (C=O) groups excluding carboxylic acids is 1. The maximum absolute atomic E-state index is 13.2. The highest BCUT2D eigenvalue weighted by atomic mass is 19.1. The second-order valence-corrected chi connectivity index (χ2v) is 8.14. The summed E-state index contributed by atoms with van der Waals surface area (Å²) in [5.41, 5.74) is 3.06. The molecule has 1 aromatic carbocycles. The number of rotatable bonds is 2. The highest BCUT2D eigenvalue weighted by Crippen LogP contribution is 2.49. The van der Waals surface area contributed by atoms with Crippen molar-refractivity contribution in [3.8, 4) is 11.4 Å². The Kier molecular flexibility index (Phi) is 3.89. The molecule has 0 saturated heterocycles. The van der Waals surface area contributed by atoms with E-state index in [-0.39, 0.29) is 17.7 Å². The summed E-state index contributed by atoms with van der Waals surface area (Å²) in [5, 5.41) is 0. The topological polar surface area (TPSA) is 93.6 Å². The van der Waals surface area contributed by atoms with Gasteiger partial charge in [-0.3, -0.25) is 4.98 Å². The number of ether oxygens (including phenoxy) is 1. The summed E-state index contributed by atoms with van der Waals surface area (Å²) in [6, 6.07) is 7.83. The van der Waals surface area contributed by atoms with Crippen molar-refractivity contribution in [2.75, 3.05) is 0 Å². The van der Waals surface area contributed by atoms with Crippen LogP contribution in [0, 0.1) is 5.82 Å². The molecule has 1 spiro atoms. The summed E-state index contributed by atoms with van der Waals surface area (Å²) >= 11 is 0. The Morgan fingerprint density at radius 2 is 1.87 bits per heavy atom. The van der Waals surface area contributed by atoms with E-state index in [0.717, 1.165) is 42.6 Å². The van der Waals surface area contributed by atoms with E-state index in [9.17, 15) is 9.18 Å². The Labute approximate surface area is 176 Å². The molecule has 0 amide bonds. The van der Waals surface area contributed by atoms with Gasteiger partial charge in [-0.2, -0.15) is 0 Å². The van der Waals surface area contributed by atoms with E-state index in [1.807, 2.05) is 0 Å². The minimum absolute atomic E-state index is 0.216. The summed E-state index contributed by atoms with van der Waals surface area (Å²) < 4.78 is 19.0. The third-order valence-electron chi connectivity index (χ3n) is 6.36. The van der Waals surface area contributed by atoms with Crippen LogP contribution in [0.4, 0.5) is 4.39 Å². The van der Waals surface area contributed by atoms with Crippen LogP contribution < -0.4 is 0 Å². The number of benzene rings is 1. The van der Waals surface area contributed by atoms with Crippen LogP contribution in [0.2, 0.25) is 0 Å². The van der Waals surface area contributed by atoms with E-state index in [2.05, 4.69) is 19.9 Å². The van der Waals surface area contributed by atoms with Crippen molar-refractivity contribution in [3.63, 3.8) is 0 Å². The highest BCUT2D eigenvalue weighted by Gasteiger charge is 2.48. The zero-order valence-corrected chi connectivity index (χ0v) is 16.5. The Balaban J connectivity index is 1.25. The molecule has 4 heterocycles. The molecule has 3 aromatic heterocycles.